The fourth-order valence-electron chi connectivity index (χ4n) is 5.61. The van der Waals surface area contributed by atoms with Crippen LogP contribution in [0.3, 0.4) is 0 Å². The zero-order valence-corrected chi connectivity index (χ0v) is 22.7. The minimum absolute atomic E-state index is 0.101. The number of allylic oxidation sites excluding steroid dienone is 1. The minimum Gasteiger partial charge on any atom is -0.339 e. The standard InChI is InChI=1S/C30H32FN7O2/c1-30(2,31)29(40)37-14-3-4-23(18-37)26-24-17-33-13-15-38(24,32)27(36-26)20-7-9-21(10-8-20)28(39)35-25-16-22(11-12-34-25)19-5-6-19/h7-13,15-17,19,23H,3-6,14,18,32H2,1-2H3/p+1. The van der Waals surface area contributed by atoms with Gasteiger partial charge in [-0.05, 0) is 87.4 Å². The van der Waals surface area contributed by atoms with Gasteiger partial charge in [0.2, 0.25) is 5.70 Å². The van der Waals surface area contributed by atoms with Crippen molar-refractivity contribution in [3.63, 3.8) is 0 Å². The number of carbonyl (C=O) groups excluding carboxylic acids is 2. The normalized spacial score (nSPS) is 24.1. The molecule has 2 fully saturated rings. The number of likely N-dealkylation sites (tertiary alicyclic amines) is 1. The lowest BCUT2D eigenvalue weighted by Crippen LogP contribution is -2.53. The van der Waals surface area contributed by atoms with Gasteiger partial charge in [0.05, 0.1) is 18.0 Å². The highest BCUT2D eigenvalue weighted by Gasteiger charge is 2.47. The lowest BCUT2D eigenvalue weighted by Gasteiger charge is -2.35. The summed E-state index contributed by atoms with van der Waals surface area (Å²) in [5.74, 6) is 7.73. The fraction of sp³-hybridized carbons (Fsp3) is 0.367. The molecule has 0 bridgehead atoms. The second kappa shape index (κ2) is 9.87. The Kier molecular flexibility index (Phi) is 6.47. The van der Waals surface area contributed by atoms with Crippen LogP contribution in [0.5, 0.6) is 0 Å². The number of nitrogens with one attached hydrogen (secondary N) is 1. The number of hydrogen-bond donors (Lipinski definition) is 2. The van der Waals surface area contributed by atoms with E-state index >= 15 is 0 Å². The summed E-state index contributed by atoms with van der Waals surface area (Å²) in [4.78, 5) is 40.8. The van der Waals surface area contributed by atoms with E-state index in [1.807, 2.05) is 24.3 Å². The summed E-state index contributed by atoms with van der Waals surface area (Å²) in [5.41, 5.74) is 1.99. The van der Waals surface area contributed by atoms with E-state index in [2.05, 4.69) is 15.3 Å². The molecule has 4 heterocycles. The van der Waals surface area contributed by atoms with E-state index in [0.717, 1.165) is 29.8 Å². The van der Waals surface area contributed by atoms with Gasteiger partial charge in [0.25, 0.3) is 17.6 Å². The van der Waals surface area contributed by atoms with Gasteiger partial charge in [-0.1, -0.05) is 0 Å². The quantitative estimate of drug-likeness (QED) is 0.416. The van der Waals surface area contributed by atoms with Gasteiger partial charge in [-0.3, -0.25) is 14.6 Å². The van der Waals surface area contributed by atoms with Crippen LogP contribution >= 0.6 is 0 Å². The number of hydrogen-bond acceptors (Lipinski definition) is 6. The summed E-state index contributed by atoms with van der Waals surface area (Å²) in [5, 5.41) is 2.89. The molecular weight excluding hydrogens is 509 g/mol. The average molecular weight is 543 g/mol. The molecule has 6 rings (SSSR count). The molecule has 3 aliphatic heterocycles. The van der Waals surface area contributed by atoms with Crippen LogP contribution < -0.4 is 11.2 Å². The number of quaternary nitrogens is 1. The molecule has 0 spiro atoms. The van der Waals surface area contributed by atoms with Crippen molar-refractivity contribution in [2.24, 2.45) is 21.7 Å². The first-order chi connectivity index (χ1) is 19.1. The van der Waals surface area contributed by atoms with Crippen LogP contribution in [0.2, 0.25) is 0 Å². The molecule has 2 atom stereocenters. The predicted molar refractivity (Wildman–Crippen MR) is 151 cm³/mol. The molecule has 9 nitrogen and oxygen atoms in total. The Morgan fingerprint density at radius 3 is 2.62 bits per heavy atom. The lowest BCUT2D eigenvalue weighted by atomic mass is 9.92. The van der Waals surface area contributed by atoms with Crippen molar-refractivity contribution in [2.75, 3.05) is 18.4 Å². The molecule has 40 heavy (non-hydrogen) atoms. The third kappa shape index (κ3) is 4.89. The van der Waals surface area contributed by atoms with Crippen LogP contribution in [0.1, 0.15) is 66.9 Å². The van der Waals surface area contributed by atoms with E-state index < -0.39 is 11.6 Å². The summed E-state index contributed by atoms with van der Waals surface area (Å²) in [6, 6.07) is 11.1. The van der Waals surface area contributed by atoms with Crippen molar-refractivity contribution >= 4 is 29.7 Å². The van der Waals surface area contributed by atoms with Crippen LogP contribution in [0.4, 0.5) is 10.2 Å². The maximum Gasteiger partial charge on any atom is 0.264 e. The first-order valence-corrected chi connectivity index (χ1v) is 13.7. The largest absolute Gasteiger partial charge is 0.339 e. The van der Waals surface area contributed by atoms with Crippen LogP contribution in [-0.4, -0.2) is 57.1 Å². The number of piperidine rings is 1. The third-order valence-electron chi connectivity index (χ3n) is 7.91. The van der Waals surface area contributed by atoms with E-state index in [-0.39, 0.29) is 16.4 Å². The average Bonchev–Trinajstić information content (AvgIpc) is 3.75. The van der Waals surface area contributed by atoms with E-state index in [1.165, 1.54) is 32.3 Å². The molecule has 10 heteroatoms. The molecule has 1 aliphatic carbocycles. The number of alkyl halides is 1. The first kappa shape index (κ1) is 26.2. The molecular formula is C30H33FN7O2+. The van der Waals surface area contributed by atoms with Gasteiger partial charge >= 0.3 is 0 Å². The highest BCUT2D eigenvalue weighted by molar-refractivity contribution is 6.05. The van der Waals surface area contributed by atoms with E-state index in [4.69, 9.17) is 10.8 Å². The fourth-order valence-corrected chi connectivity index (χ4v) is 5.61. The Labute approximate surface area is 232 Å². The molecule has 4 aliphatic rings. The number of fused-ring (bicyclic) bond motifs is 1. The van der Waals surface area contributed by atoms with Crippen molar-refractivity contribution in [3.8, 4) is 0 Å². The van der Waals surface area contributed by atoms with Crippen molar-refractivity contribution in [2.45, 2.75) is 51.1 Å². The molecule has 1 aromatic carbocycles. The van der Waals surface area contributed by atoms with Crippen LogP contribution in [0.25, 0.3) is 0 Å². The van der Waals surface area contributed by atoms with Gasteiger partial charge in [0, 0.05) is 30.8 Å². The number of rotatable bonds is 6. The van der Waals surface area contributed by atoms with E-state index in [9.17, 15) is 14.0 Å². The van der Waals surface area contributed by atoms with Crippen LogP contribution in [0.15, 0.2) is 76.4 Å². The van der Waals surface area contributed by atoms with Gasteiger partial charge < -0.3 is 10.2 Å². The maximum atomic E-state index is 14.4. The highest BCUT2D eigenvalue weighted by atomic mass is 19.1. The molecule has 0 radical (unpaired) electrons. The number of carbonyl (C=O) groups is 2. The molecule has 206 valence electrons. The number of amidine groups is 1. The van der Waals surface area contributed by atoms with Gasteiger partial charge in [0.15, 0.2) is 5.67 Å². The number of pyridine rings is 1. The second-order valence-corrected chi connectivity index (χ2v) is 11.4. The SMILES string of the molecule is CC(C)(F)C(=O)N1CCCC(C2=C3C=NC=C[N+]3(N)C(c3ccc(C(=O)Nc4cc(C5CC5)ccn4)cc3)=N2)C1. The molecule has 2 amide bonds. The number of anilines is 1. The summed E-state index contributed by atoms with van der Waals surface area (Å²) in [7, 11) is 0. The summed E-state index contributed by atoms with van der Waals surface area (Å²) in [6.07, 6.45) is 10.7. The van der Waals surface area contributed by atoms with E-state index in [1.54, 1.807) is 41.8 Å². The lowest BCUT2D eigenvalue weighted by molar-refractivity contribution is -0.750. The number of nitrogens with two attached hydrogens (primary N) is 1. The van der Waals surface area contributed by atoms with Crippen molar-refractivity contribution in [3.05, 3.63) is 83.1 Å². The first-order valence-electron chi connectivity index (χ1n) is 13.7. The summed E-state index contributed by atoms with van der Waals surface area (Å²) in [6.45, 7) is 3.47. The van der Waals surface area contributed by atoms with Crippen molar-refractivity contribution in [1.82, 2.24) is 9.88 Å². The Hall–Kier alpha value is -4.02. The number of nitrogens with zero attached hydrogens (tertiary/aromatic N) is 5. The Morgan fingerprint density at radius 1 is 1.12 bits per heavy atom. The van der Waals surface area contributed by atoms with Crippen LogP contribution in [0, 0.1) is 5.92 Å². The number of halogens is 1. The number of aromatic nitrogens is 1. The Balaban J connectivity index is 1.23. The zero-order valence-electron chi connectivity index (χ0n) is 22.7. The Bertz CT molecular complexity index is 1480. The van der Waals surface area contributed by atoms with Gasteiger partial charge in [-0.25, -0.2) is 9.37 Å². The molecule has 1 saturated heterocycles. The minimum atomic E-state index is -1.93. The molecule has 2 unspecified atom stereocenters. The van der Waals surface area contributed by atoms with Crippen LogP contribution in [-0.2, 0) is 4.79 Å². The number of aliphatic imine (C=N–C) groups is 2. The monoisotopic (exact) mass is 542 g/mol. The van der Waals surface area contributed by atoms with Crippen molar-refractivity contribution < 1.29 is 18.6 Å². The van der Waals surface area contributed by atoms with Crippen molar-refractivity contribution in [1.29, 1.82) is 0 Å². The molecule has 3 N–H and O–H groups in total. The van der Waals surface area contributed by atoms with Gasteiger partial charge in [-0.2, -0.15) is 10.8 Å². The topological polar surface area (TPSA) is 113 Å². The smallest absolute Gasteiger partial charge is 0.264 e. The zero-order chi connectivity index (χ0) is 28.1. The Morgan fingerprint density at radius 2 is 1.90 bits per heavy atom. The summed E-state index contributed by atoms with van der Waals surface area (Å²) < 4.78 is 14.3. The molecule has 2 aromatic rings. The molecule has 1 saturated carbocycles. The predicted octanol–water partition coefficient (Wildman–Crippen LogP) is 4.42. The van der Waals surface area contributed by atoms with E-state index in [0.29, 0.717) is 36.2 Å². The van der Waals surface area contributed by atoms with Gasteiger partial charge in [0.1, 0.15) is 17.7 Å². The second-order valence-electron chi connectivity index (χ2n) is 11.4. The third-order valence-corrected chi connectivity index (χ3v) is 7.91. The number of amides is 2. The van der Waals surface area contributed by atoms with Gasteiger partial charge in [-0.15, -0.1) is 4.59 Å². The highest BCUT2D eigenvalue weighted by Crippen LogP contribution is 2.40. The maximum absolute atomic E-state index is 14.4. The summed E-state index contributed by atoms with van der Waals surface area (Å²) >= 11 is 0. The molecule has 1 aromatic heterocycles. The number of benzene rings is 1.